The first kappa shape index (κ1) is 19.9. The van der Waals surface area contributed by atoms with Gasteiger partial charge in [-0.05, 0) is 92.3 Å². The number of nitrogens with one attached hydrogen (secondary N) is 1. The van der Waals surface area contributed by atoms with Crippen molar-refractivity contribution in [3.8, 4) is 11.5 Å². The molecule has 0 spiro atoms. The highest BCUT2D eigenvalue weighted by atomic mass is 19.1. The van der Waals surface area contributed by atoms with Crippen molar-refractivity contribution in [2.24, 2.45) is 0 Å². The molecule has 1 amide bonds. The summed E-state index contributed by atoms with van der Waals surface area (Å²) < 4.78 is 33.3. The van der Waals surface area contributed by atoms with E-state index in [1.165, 1.54) is 62.1 Å². The van der Waals surface area contributed by atoms with Gasteiger partial charge in [-0.15, -0.1) is 0 Å². The highest BCUT2D eigenvalue weighted by Gasteiger charge is 2.29. The van der Waals surface area contributed by atoms with Gasteiger partial charge in [0.05, 0.1) is 6.04 Å². The highest BCUT2D eigenvalue weighted by molar-refractivity contribution is 5.92. The van der Waals surface area contributed by atoms with Crippen molar-refractivity contribution in [3.63, 3.8) is 0 Å². The van der Waals surface area contributed by atoms with Gasteiger partial charge < -0.3 is 9.73 Å². The molecule has 2 aliphatic carbocycles. The molecule has 0 aliphatic heterocycles. The Bertz CT molecular complexity index is 1110. The van der Waals surface area contributed by atoms with Crippen LogP contribution in [0.4, 0.5) is 8.78 Å². The van der Waals surface area contributed by atoms with Crippen LogP contribution in [0.15, 0.2) is 41.0 Å². The van der Waals surface area contributed by atoms with E-state index in [0.717, 1.165) is 5.56 Å². The molecule has 2 saturated carbocycles. The predicted octanol–water partition coefficient (Wildman–Crippen LogP) is 6.17. The number of rotatable bonds is 6. The first-order valence-electron chi connectivity index (χ1n) is 10.8. The van der Waals surface area contributed by atoms with E-state index in [2.05, 4.69) is 28.5 Å². The SMILES string of the molecule is Cc1c(F)cc([C@@H](C)NC(=O)c2coc(-c3cc(C4CC4)cc(C4CC4)c3)n2)cc1F. The topological polar surface area (TPSA) is 55.1 Å². The normalized spacial score (nSPS) is 16.9. The van der Waals surface area contributed by atoms with Crippen LogP contribution >= 0.6 is 0 Å². The first-order chi connectivity index (χ1) is 14.9. The molecule has 2 aliphatic rings. The van der Waals surface area contributed by atoms with Crippen LogP contribution in [0.5, 0.6) is 0 Å². The molecule has 2 fully saturated rings. The fourth-order valence-corrected chi connectivity index (χ4v) is 3.88. The molecule has 3 aromatic rings. The monoisotopic (exact) mass is 422 g/mol. The van der Waals surface area contributed by atoms with Crippen molar-refractivity contribution < 1.29 is 18.0 Å². The third kappa shape index (κ3) is 4.11. The van der Waals surface area contributed by atoms with E-state index < -0.39 is 23.6 Å². The lowest BCUT2D eigenvalue weighted by Crippen LogP contribution is -2.27. The maximum atomic E-state index is 13.9. The molecule has 2 aromatic carbocycles. The van der Waals surface area contributed by atoms with E-state index in [0.29, 0.717) is 23.3 Å². The lowest BCUT2D eigenvalue weighted by molar-refractivity contribution is 0.0934. The Morgan fingerprint density at radius 3 is 2.16 bits per heavy atom. The van der Waals surface area contributed by atoms with Crippen LogP contribution < -0.4 is 5.32 Å². The van der Waals surface area contributed by atoms with E-state index in [4.69, 9.17) is 4.42 Å². The quantitative estimate of drug-likeness (QED) is 0.517. The first-order valence-corrected chi connectivity index (χ1v) is 10.8. The van der Waals surface area contributed by atoms with Crippen molar-refractivity contribution in [1.82, 2.24) is 10.3 Å². The molecular formula is C25H24F2N2O2. The predicted molar refractivity (Wildman–Crippen MR) is 113 cm³/mol. The summed E-state index contributed by atoms with van der Waals surface area (Å²) >= 11 is 0. The molecule has 1 atom stereocenters. The second-order valence-electron chi connectivity index (χ2n) is 8.78. The van der Waals surface area contributed by atoms with Gasteiger partial charge in [0.15, 0.2) is 5.69 Å². The standard InChI is InChI=1S/C25H24F2N2O2/c1-13-21(26)10-17(11-22(13)27)14(2)28-24(30)23-12-31-25(29-23)20-8-18(15-3-4-15)7-19(9-20)16-5-6-16/h7-12,14-16H,3-6H2,1-2H3,(H,28,30)/t14-/m1/s1. The molecule has 31 heavy (non-hydrogen) atoms. The molecule has 160 valence electrons. The molecular weight excluding hydrogens is 398 g/mol. The van der Waals surface area contributed by atoms with Crippen LogP contribution in [0, 0.1) is 18.6 Å². The van der Waals surface area contributed by atoms with Crippen molar-refractivity contribution in [1.29, 1.82) is 0 Å². The van der Waals surface area contributed by atoms with Gasteiger partial charge in [-0.1, -0.05) is 6.07 Å². The van der Waals surface area contributed by atoms with Gasteiger partial charge in [0.1, 0.15) is 17.9 Å². The number of carbonyl (C=O) groups is 1. The summed E-state index contributed by atoms with van der Waals surface area (Å²) in [5.41, 5.74) is 3.98. The number of hydrogen-bond acceptors (Lipinski definition) is 3. The van der Waals surface area contributed by atoms with Gasteiger partial charge in [0.25, 0.3) is 5.91 Å². The van der Waals surface area contributed by atoms with Crippen LogP contribution in [-0.2, 0) is 0 Å². The third-order valence-corrected chi connectivity index (χ3v) is 6.21. The van der Waals surface area contributed by atoms with Gasteiger partial charge in [-0.25, -0.2) is 13.8 Å². The highest BCUT2D eigenvalue weighted by Crippen LogP contribution is 2.46. The fraction of sp³-hybridized carbons (Fsp3) is 0.360. The molecule has 0 saturated heterocycles. The molecule has 1 heterocycles. The zero-order valence-corrected chi connectivity index (χ0v) is 17.5. The molecule has 1 aromatic heterocycles. The summed E-state index contributed by atoms with van der Waals surface area (Å²) in [6.07, 6.45) is 6.18. The summed E-state index contributed by atoms with van der Waals surface area (Å²) in [4.78, 5) is 17.1. The lowest BCUT2D eigenvalue weighted by atomic mass is 10.00. The Morgan fingerprint density at radius 2 is 1.61 bits per heavy atom. The van der Waals surface area contributed by atoms with E-state index in [1.54, 1.807) is 6.92 Å². The lowest BCUT2D eigenvalue weighted by Gasteiger charge is -2.14. The minimum Gasteiger partial charge on any atom is -0.444 e. The van der Waals surface area contributed by atoms with Crippen LogP contribution in [0.3, 0.4) is 0 Å². The summed E-state index contributed by atoms with van der Waals surface area (Å²) in [6.45, 7) is 3.05. The van der Waals surface area contributed by atoms with E-state index in [1.807, 2.05) is 0 Å². The van der Waals surface area contributed by atoms with Crippen molar-refractivity contribution in [3.05, 3.63) is 76.2 Å². The van der Waals surface area contributed by atoms with Gasteiger partial charge >= 0.3 is 0 Å². The number of hydrogen-bond donors (Lipinski definition) is 1. The van der Waals surface area contributed by atoms with E-state index in [9.17, 15) is 13.6 Å². The smallest absolute Gasteiger partial charge is 0.273 e. The average molecular weight is 422 g/mol. The largest absolute Gasteiger partial charge is 0.444 e. The number of amides is 1. The minimum absolute atomic E-state index is 0.0394. The number of oxazole rings is 1. The number of benzene rings is 2. The Balaban J connectivity index is 1.35. The number of nitrogens with zero attached hydrogens (tertiary/aromatic N) is 1. The fourth-order valence-electron chi connectivity index (χ4n) is 3.88. The Hall–Kier alpha value is -3.02. The summed E-state index contributed by atoms with van der Waals surface area (Å²) in [7, 11) is 0. The second-order valence-corrected chi connectivity index (χ2v) is 8.78. The number of aromatic nitrogens is 1. The Kier molecular flexibility index (Phi) is 4.88. The summed E-state index contributed by atoms with van der Waals surface area (Å²) in [5.74, 6) is -0.0828. The van der Waals surface area contributed by atoms with Gasteiger partial charge in [-0.3, -0.25) is 4.79 Å². The molecule has 0 bridgehead atoms. The summed E-state index contributed by atoms with van der Waals surface area (Å²) in [6, 6.07) is 8.41. The number of halogens is 2. The zero-order chi connectivity index (χ0) is 21.7. The zero-order valence-electron chi connectivity index (χ0n) is 17.5. The van der Waals surface area contributed by atoms with Crippen molar-refractivity contribution in [2.45, 2.75) is 57.4 Å². The minimum atomic E-state index is -0.637. The van der Waals surface area contributed by atoms with E-state index >= 15 is 0 Å². The van der Waals surface area contributed by atoms with Crippen LogP contribution in [-0.4, -0.2) is 10.9 Å². The molecule has 6 heteroatoms. The van der Waals surface area contributed by atoms with Gasteiger partial charge in [-0.2, -0.15) is 0 Å². The average Bonchev–Trinajstić information content (AvgIpc) is 3.68. The molecule has 0 unspecified atom stereocenters. The Morgan fingerprint density at radius 1 is 1.03 bits per heavy atom. The number of carbonyl (C=O) groups excluding carboxylic acids is 1. The van der Waals surface area contributed by atoms with Crippen LogP contribution in [0.2, 0.25) is 0 Å². The van der Waals surface area contributed by atoms with Gasteiger partial charge in [0.2, 0.25) is 5.89 Å². The van der Waals surface area contributed by atoms with E-state index in [-0.39, 0.29) is 11.3 Å². The van der Waals surface area contributed by atoms with Crippen LogP contribution in [0.25, 0.3) is 11.5 Å². The molecule has 5 rings (SSSR count). The van der Waals surface area contributed by atoms with Crippen molar-refractivity contribution >= 4 is 5.91 Å². The maximum Gasteiger partial charge on any atom is 0.273 e. The van der Waals surface area contributed by atoms with Crippen molar-refractivity contribution in [2.75, 3.05) is 0 Å². The summed E-state index contributed by atoms with van der Waals surface area (Å²) in [5, 5.41) is 2.74. The molecule has 1 N–H and O–H groups in total. The molecule has 4 nitrogen and oxygen atoms in total. The third-order valence-electron chi connectivity index (χ3n) is 6.21. The maximum absolute atomic E-state index is 13.9. The van der Waals surface area contributed by atoms with Crippen LogP contribution in [0.1, 0.15) is 83.2 Å². The Labute approximate surface area is 179 Å². The second kappa shape index (κ2) is 7.59. The molecule has 0 radical (unpaired) electrons. The van der Waals surface area contributed by atoms with Gasteiger partial charge in [0, 0.05) is 11.1 Å².